The largest absolute Gasteiger partial charge is 0.452 e. The van der Waals surface area contributed by atoms with Crippen molar-refractivity contribution in [2.75, 3.05) is 11.5 Å². The van der Waals surface area contributed by atoms with Crippen LogP contribution in [0.15, 0.2) is 54.6 Å². The Balaban J connectivity index is 1.52. The van der Waals surface area contributed by atoms with Crippen molar-refractivity contribution >= 4 is 29.4 Å². The molecular weight excluding hydrogens is 360 g/mol. The van der Waals surface area contributed by atoms with Crippen LogP contribution in [-0.2, 0) is 19.1 Å². The third kappa shape index (κ3) is 4.43. The molecule has 1 N–H and O–H groups in total. The zero-order valence-electron chi connectivity index (χ0n) is 15.4. The van der Waals surface area contributed by atoms with Gasteiger partial charge in [0.1, 0.15) is 0 Å². The van der Waals surface area contributed by atoms with E-state index in [1.807, 2.05) is 37.3 Å². The summed E-state index contributed by atoms with van der Waals surface area (Å²) in [5, 5.41) is 2.76. The third-order valence-corrected chi connectivity index (χ3v) is 4.42. The Kier molecular flexibility index (Phi) is 5.84. The molecule has 0 radical (unpaired) electrons. The fourth-order valence-electron chi connectivity index (χ4n) is 2.93. The quantitative estimate of drug-likeness (QED) is 0.614. The normalized spacial score (nSPS) is 14.7. The van der Waals surface area contributed by atoms with E-state index in [1.54, 1.807) is 0 Å². The van der Waals surface area contributed by atoms with Gasteiger partial charge in [0.15, 0.2) is 6.61 Å². The maximum Gasteiger partial charge on any atom is 0.338 e. The molecule has 0 saturated carbocycles. The zero-order valence-corrected chi connectivity index (χ0v) is 15.4. The van der Waals surface area contributed by atoms with Crippen molar-refractivity contribution in [3.05, 3.63) is 65.7 Å². The van der Waals surface area contributed by atoms with Gasteiger partial charge in [0.2, 0.25) is 11.8 Å². The topological polar surface area (TPSA) is 92.8 Å². The van der Waals surface area contributed by atoms with Crippen LogP contribution < -0.4 is 10.2 Å². The summed E-state index contributed by atoms with van der Waals surface area (Å²) in [6, 6.07) is 15.2. The van der Waals surface area contributed by atoms with Crippen molar-refractivity contribution in [2.24, 2.45) is 0 Å². The molecule has 3 amide bonds. The number of hydrogen-bond acceptors (Lipinski definition) is 5. The maximum atomic E-state index is 12.1. The third-order valence-electron chi connectivity index (χ3n) is 4.42. The lowest BCUT2D eigenvalue weighted by Gasteiger charge is -2.15. The van der Waals surface area contributed by atoms with Gasteiger partial charge in [-0.05, 0) is 36.8 Å². The lowest BCUT2D eigenvalue weighted by Crippen LogP contribution is -2.31. The minimum atomic E-state index is -0.659. The number of carbonyl (C=O) groups is 4. The highest BCUT2D eigenvalue weighted by molar-refractivity contribution is 6.19. The number of nitrogens with one attached hydrogen (secondary N) is 1. The molecule has 0 aliphatic carbocycles. The molecule has 7 nitrogen and oxygen atoms in total. The average molecular weight is 380 g/mol. The van der Waals surface area contributed by atoms with Crippen LogP contribution in [0.5, 0.6) is 0 Å². The number of ether oxygens (including phenoxy) is 1. The number of hydrogen-bond donors (Lipinski definition) is 1. The number of amides is 3. The molecular formula is C21H20N2O5. The smallest absolute Gasteiger partial charge is 0.338 e. The Hall–Kier alpha value is -3.48. The molecule has 1 aliphatic heterocycles. The van der Waals surface area contributed by atoms with Gasteiger partial charge in [-0.25, -0.2) is 4.79 Å². The molecule has 144 valence electrons. The predicted molar refractivity (Wildman–Crippen MR) is 101 cm³/mol. The van der Waals surface area contributed by atoms with Crippen LogP contribution in [0.2, 0.25) is 0 Å². The fraction of sp³-hybridized carbons (Fsp3) is 0.238. The summed E-state index contributed by atoms with van der Waals surface area (Å²) in [5.74, 6) is -1.59. The summed E-state index contributed by atoms with van der Waals surface area (Å²) < 4.78 is 5.04. The average Bonchev–Trinajstić information content (AvgIpc) is 3.05. The van der Waals surface area contributed by atoms with E-state index in [-0.39, 0.29) is 36.3 Å². The van der Waals surface area contributed by atoms with Gasteiger partial charge in [-0.15, -0.1) is 0 Å². The molecule has 28 heavy (non-hydrogen) atoms. The molecule has 7 heteroatoms. The van der Waals surface area contributed by atoms with Gasteiger partial charge >= 0.3 is 5.97 Å². The van der Waals surface area contributed by atoms with Gasteiger partial charge in [-0.1, -0.05) is 30.3 Å². The maximum absolute atomic E-state index is 12.1. The van der Waals surface area contributed by atoms with Crippen LogP contribution in [0.3, 0.4) is 0 Å². The Labute approximate surface area is 162 Å². The van der Waals surface area contributed by atoms with Gasteiger partial charge in [0, 0.05) is 12.8 Å². The van der Waals surface area contributed by atoms with E-state index in [0.29, 0.717) is 5.69 Å². The first-order valence-corrected chi connectivity index (χ1v) is 8.93. The highest BCUT2D eigenvalue weighted by Gasteiger charge is 2.30. The van der Waals surface area contributed by atoms with Crippen LogP contribution in [0, 0.1) is 0 Å². The second-order valence-electron chi connectivity index (χ2n) is 6.45. The molecule has 0 bridgehead atoms. The SMILES string of the molecule is C[C@H](NC(=O)COC(=O)c1ccc(N2C(=O)CCC2=O)cc1)c1ccccc1. The molecule has 2 aromatic rings. The molecule has 0 unspecified atom stereocenters. The van der Waals surface area contributed by atoms with E-state index in [1.165, 1.54) is 24.3 Å². The molecule has 1 saturated heterocycles. The van der Waals surface area contributed by atoms with Crippen LogP contribution in [0.4, 0.5) is 5.69 Å². The van der Waals surface area contributed by atoms with Gasteiger partial charge in [-0.2, -0.15) is 0 Å². The Morgan fingerprint density at radius 2 is 1.61 bits per heavy atom. The fourth-order valence-corrected chi connectivity index (χ4v) is 2.93. The van der Waals surface area contributed by atoms with Crippen LogP contribution >= 0.6 is 0 Å². The molecule has 2 aromatic carbocycles. The number of rotatable bonds is 6. The monoisotopic (exact) mass is 380 g/mol. The summed E-state index contributed by atoms with van der Waals surface area (Å²) in [5.41, 5.74) is 1.59. The van der Waals surface area contributed by atoms with Crippen molar-refractivity contribution in [3.8, 4) is 0 Å². The van der Waals surface area contributed by atoms with Gasteiger partial charge < -0.3 is 10.1 Å². The van der Waals surface area contributed by atoms with Gasteiger partial charge in [0.05, 0.1) is 17.3 Å². The molecule has 1 fully saturated rings. The summed E-state index contributed by atoms with van der Waals surface area (Å²) in [6.45, 7) is 1.44. The first kappa shape index (κ1) is 19.3. The van der Waals surface area contributed by atoms with Crippen molar-refractivity contribution < 1.29 is 23.9 Å². The van der Waals surface area contributed by atoms with Crippen molar-refractivity contribution in [1.82, 2.24) is 5.32 Å². The number of nitrogens with zero attached hydrogens (tertiary/aromatic N) is 1. The molecule has 1 aliphatic rings. The summed E-state index contributed by atoms with van der Waals surface area (Å²) >= 11 is 0. The van der Waals surface area contributed by atoms with E-state index in [0.717, 1.165) is 10.5 Å². The minimum absolute atomic E-state index is 0.194. The van der Waals surface area contributed by atoms with E-state index in [2.05, 4.69) is 5.32 Å². The Morgan fingerprint density at radius 3 is 2.21 bits per heavy atom. The van der Waals surface area contributed by atoms with Gasteiger partial charge in [-0.3, -0.25) is 19.3 Å². The lowest BCUT2D eigenvalue weighted by molar-refractivity contribution is -0.125. The molecule has 3 rings (SSSR count). The van der Waals surface area contributed by atoms with Crippen LogP contribution in [0.25, 0.3) is 0 Å². The number of anilines is 1. The van der Waals surface area contributed by atoms with Gasteiger partial charge in [0.25, 0.3) is 5.91 Å². The number of carbonyl (C=O) groups excluding carboxylic acids is 4. The Morgan fingerprint density at radius 1 is 1.00 bits per heavy atom. The number of imide groups is 1. The predicted octanol–water partition coefficient (Wildman–Crippen LogP) is 2.37. The zero-order chi connectivity index (χ0) is 20.1. The lowest BCUT2D eigenvalue weighted by atomic mass is 10.1. The first-order chi connectivity index (χ1) is 13.5. The highest BCUT2D eigenvalue weighted by atomic mass is 16.5. The van der Waals surface area contributed by atoms with Crippen LogP contribution in [0.1, 0.15) is 41.7 Å². The van der Waals surface area contributed by atoms with Crippen molar-refractivity contribution in [2.45, 2.75) is 25.8 Å². The molecule has 0 aromatic heterocycles. The van der Waals surface area contributed by atoms with Crippen LogP contribution in [-0.4, -0.2) is 30.3 Å². The number of benzene rings is 2. The molecule has 1 atom stereocenters. The summed E-state index contributed by atoms with van der Waals surface area (Å²) in [7, 11) is 0. The van der Waals surface area contributed by atoms with E-state index in [4.69, 9.17) is 4.74 Å². The Bertz CT molecular complexity index is 877. The highest BCUT2D eigenvalue weighted by Crippen LogP contribution is 2.23. The van der Waals surface area contributed by atoms with E-state index >= 15 is 0 Å². The second-order valence-corrected chi connectivity index (χ2v) is 6.45. The van der Waals surface area contributed by atoms with E-state index < -0.39 is 18.5 Å². The van der Waals surface area contributed by atoms with E-state index in [9.17, 15) is 19.2 Å². The molecule has 1 heterocycles. The first-order valence-electron chi connectivity index (χ1n) is 8.93. The molecule has 0 spiro atoms. The second kappa shape index (κ2) is 8.47. The van der Waals surface area contributed by atoms with Crippen molar-refractivity contribution in [3.63, 3.8) is 0 Å². The summed E-state index contributed by atoms with van der Waals surface area (Å²) in [6.07, 6.45) is 0.387. The summed E-state index contributed by atoms with van der Waals surface area (Å²) in [4.78, 5) is 48.7. The minimum Gasteiger partial charge on any atom is -0.452 e. The standard InChI is InChI=1S/C21H20N2O5/c1-14(15-5-3-2-4-6-15)22-18(24)13-28-21(27)16-7-9-17(10-8-16)23-19(25)11-12-20(23)26/h2-10,14H,11-13H2,1H3,(H,22,24)/t14-/m0/s1. The van der Waals surface area contributed by atoms with Crippen molar-refractivity contribution in [1.29, 1.82) is 0 Å². The number of esters is 1.